The van der Waals surface area contributed by atoms with E-state index < -0.39 is 0 Å². The molecule has 160 valence electrons. The molecule has 1 aliphatic heterocycles. The molecule has 1 fully saturated rings. The van der Waals surface area contributed by atoms with Gasteiger partial charge in [0, 0.05) is 36.4 Å². The van der Waals surface area contributed by atoms with Crippen LogP contribution in [0.3, 0.4) is 0 Å². The standard InChI is InChI=1S/C23H23ClN4O3/c1-30-20-8-7-17(24)15-19(20)27-22(29)16-9-13-28(14-10-16)21-23(26-12-11-25-21)31-18-5-3-2-4-6-18/h2-8,11-12,15-16H,9-10,13-14H2,1H3,(H,27,29). The van der Waals surface area contributed by atoms with Crippen LogP contribution in [0.5, 0.6) is 17.4 Å². The number of ether oxygens (including phenoxy) is 2. The van der Waals surface area contributed by atoms with Crippen LogP contribution in [0, 0.1) is 5.92 Å². The molecule has 4 rings (SSSR count). The zero-order valence-corrected chi connectivity index (χ0v) is 17.9. The fourth-order valence-corrected chi connectivity index (χ4v) is 3.75. The number of carbonyl (C=O) groups is 1. The number of amides is 1. The van der Waals surface area contributed by atoms with E-state index in [0.29, 0.717) is 59.8 Å². The van der Waals surface area contributed by atoms with Crippen LogP contribution in [0.4, 0.5) is 11.5 Å². The van der Waals surface area contributed by atoms with E-state index in [1.165, 1.54) is 0 Å². The molecular formula is C23H23ClN4O3. The van der Waals surface area contributed by atoms with Gasteiger partial charge in [0.2, 0.25) is 5.91 Å². The Balaban J connectivity index is 1.40. The highest BCUT2D eigenvalue weighted by Gasteiger charge is 2.28. The molecule has 0 aliphatic carbocycles. The van der Waals surface area contributed by atoms with E-state index in [-0.39, 0.29) is 11.8 Å². The summed E-state index contributed by atoms with van der Waals surface area (Å²) < 4.78 is 11.2. The molecule has 0 bridgehead atoms. The molecule has 2 aromatic carbocycles. The molecule has 1 N–H and O–H groups in total. The zero-order chi connectivity index (χ0) is 21.6. The number of para-hydroxylation sites is 1. The largest absolute Gasteiger partial charge is 0.495 e. The summed E-state index contributed by atoms with van der Waals surface area (Å²) in [5.74, 6) is 2.27. The van der Waals surface area contributed by atoms with E-state index in [0.717, 1.165) is 0 Å². The van der Waals surface area contributed by atoms with Crippen LogP contribution in [0.1, 0.15) is 12.8 Å². The van der Waals surface area contributed by atoms with Crippen LogP contribution in [-0.4, -0.2) is 36.1 Å². The van der Waals surface area contributed by atoms with E-state index >= 15 is 0 Å². The predicted octanol–water partition coefficient (Wildman–Crippen LogP) is 4.79. The van der Waals surface area contributed by atoms with Gasteiger partial charge >= 0.3 is 0 Å². The molecule has 3 aromatic rings. The number of hydrogen-bond acceptors (Lipinski definition) is 6. The maximum absolute atomic E-state index is 12.8. The van der Waals surface area contributed by atoms with Crippen LogP contribution >= 0.6 is 11.6 Å². The highest BCUT2D eigenvalue weighted by molar-refractivity contribution is 6.31. The summed E-state index contributed by atoms with van der Waals surface area (Å²) in [7, 11) is 1.56. The zero-order valence-electron chi connectivity index (χ0n) is 17.1. The number of carbonyl (C=O) groups excluding carboxylic acids is 1. The SMILES string of the molecule is COc1ccc(Cl)cc1NC(=O)C1CCN(c2nccnc2Oc2ccccc2)CC1. The first-order valence-electron chi connectivity index (χ1n) is 10.1. The summed E-state index contributed by atoms with van der Waals surface area (Å²) in [6.07, 6.45) is 4.64. The van der Waals surface area contributed by atoms with E-state index in [9.17, 15) is 4.79 Å². The van der Waals surface area contributed by atoms with Gasteiger partial charge in [0.15, 0.2) is 5.82 Å². The van der Waals surface area contributed by atoms with Gasteiger partial charge in [-0.25, -0.2) is 9.97 Å². The molecule has 1 aromatic heterocycles. The number of rotatable bonds is 6. The van der Waals surface area contributed by atoms with Crippen molar-refractivity contribution in [2.75, 3.05) is 30.4 Å². The quantitative estimate of drug-likeness (QED) is 0.596. The molecule has 2 heterocycles. The van der Waals surface area contributed by atoms with Crippen molar-refractivity contribution >= 4 is 29.0 Å². The van der Waals surface area contributed by atoms with Gasteiger partial charge < -0.3 is 19.7 Å². The summed E-state index contributed by atoms with van der Waals surface area (Å²) in [6, 6.07) is 14.7. The third kappa shape index (κ3) is 5.06. The molecule has 0 atom stereocenters. The van der Waals surface area contributed by atoms with E-state index in [2.05, 4.69) is 20.2 Å². The number of methoxy groups -OCH3 is 1. The minimum absolute atomic E-state index is 0.0416. The molecular weight excluding hydrogens is 416 g/mol. The number of benzene rings is 2. The van der Waals surface area contributed by atoms with Crippen molar-refractivity contribution in [3.8, 4) is 17.4 Å². The number of anilines is 2. The van der Waals surface area contributed by atoms with Crippen molar-refractivity contribution in [3.05, 3.63) is 65.9 Å². The fraction of sp³-hybridized carbons (Fsp3) is 0.261. The molecule has 0 unspecified atom stereocenters. The lowest BCUT2D eigenvalue weighted by molar-refractivity contribution is -0.120. The Hall–Kier alpha value is -3.32. The van der Waals surface area contributed by atoms with Crippen LogP contribution in [0.2, 0.25) is 5.02 Å². The number of nitrogens with zero attached hydrogens (tertiary/aromatic N) is 3. The average Bonchev–Trinajstić information content (AvgIpc) is 2.80. The molecule has 1 saturated heterocycles. The Bertz CT molecular complexity index is 1040. The summed E-state index contributed by atoms with van der Waals surface area (Å²) in [4.78, 5) is 23.8. The van der Waals surface area contributed by atoms with E-state index in [4.69, 9.17) is 21.1 Å². The molecule has 0 radical (unpaired) electrons. The first-order chi connectivity index (χ1) is 15.1. The minimum atomic E-state index is -0.116. The third-order valence-corrected chi connectivity index (χ3v) is 5.42. The minimum Gasteiger partial charge on any atom is -0.495 e. The second kappa shape index (κ2) is 9.66. The van der Waals surface area contributed by atoms with Gasteiger partial charge in [-0.3, -0.25) is 4.79 Å². The number of aromatic nitrogens is 2. The first kappa shape index (κ1) is 20.9. The highest BCUT2D eigenvalue weighted by atomic mass is 35.5. The van der Waals surface area contributed by atoms with E-state index in [1.54, 1.807) is 37.7 Å². The summed E-state index contributed by atoms with van der Waals surface area (Å²) in [5, 5.41) is 3.49. The maximum Gasteiger partial charge on any atom is 0.263 e. The van der Waals surface area contributed by atoms with Crippen molar-refractivity contribution in [3.63, 3.8) is 0 Å². The Labute approximate surface area is 186 Å². The van der Waals surface area contributed by atoms with Gasteiger partial charge in [-0.1, -0.05) is 29.8 Å². The third-order valence-electron chi connectivity index (χ3n) is 5.19. The Morgan fingerprint density at radius 2 is 1.84 bits per heavy atom. The summed E-state index contributed by atoms with van der Waals surface area (Å²) in [6.45, 7) is 1.35. The molecule has 31 heavy (non-hydrogen) atoms. The molecule has 0 saturated carbocycles. The molecule has 7 nitrogen and oxygen atoms in total. The normalized spacial score (nSPS) is 14.2. The monoisotopic (exact) mass is 438 g/mol. The van der Waals surface area contributed by atoms with Crippen molar-refractivity contribution < 1.29 is 14.3 Å². The van der Waals surface area contributed by atoms with Crippen LogP contribution in [0.25, 0.3) is 0 Å². The fourth-order valence-electron chi connectivity index (χ4n) is 3.57. The van der Waals surface area contributed by atoms with Crippen LogP contribution in [0.15, 0.2) is 60.9 Å². The molecule has 0 spiro atoms. The van der Waals surface area contributed by atoms with Crippen molar-refractivity contribution in [1.82, 2.24) is 9.97 Å². The van der Waals surface area contributed by atoms with Crippen molar-refractivity contribution in [2.45, 2.75) is 12.8 Å². The lowest BCUT2D eigenvalue weighted by Gasteiger charge is -2.32. The van der Waals surface area contributed by atoms with Gasteiger partial charge in [-0.05, 0) is 43.2 Å². The topological polar surface area (TPSA) is 76.6 Å². The smallest absolute Gasteiger partial charge is 0.263 e. The summed E-state index contributed by atoms with van der Waals surface area (Å²) in [5.41, 5.74) is 0.579. The Kier molecular flexibility index (Phi) is 6.52. The lowest BCUT2D eigenvalue weighted by Crippen LogP contribution is -2.38. The first-order valence-corrected chi connectivity index (χ1v) is 10.4. The van der Waals surface area contributed by atoms with Crippen LogP contribution in [-0.2, 0) is 4.79 Å². The molecule has 1 amide bonds. The number of nitrogens with one attached hydrogen (secondary N) is 1. The summed E-state index contributed by atoms with van der Waals surface area (Å²) >= 11 is 6.06. The van der Waals surface area contributed by atoms with Crippen molar-refractivity contribution in [2.24, 2.45) is 5.92 Å². The van der Waals surface area contributed by atoms with E-state index in [1.807, 2.05) is 30.3 Å². The second-order valence-corrected chi connectivity index (χ2v) is 7.63. The molecule has 8 heteroatoms. The Morgan fingerprint density at radius 1 is 1.10 bits per heavy atom. The van der Waals surface area contributed by atoms with Gasteiger partial charge in [0.1, 0.15) is 11.5 Å². The predicted molar refractivity (Wildman–Crippen MR) is 120 cm³/mol. The Morgan fingerprint density at radius 3 is 2.58 bits per heavy atom. The lowest BCUT2D eigenvalue weighted by atomic mass is 9.95. The number of halogens is 1. The number of piperidine rings is 1. The van der Waals surface area contributed by atoms with Crippen molar-refractivity contribution in [1.29, 1.82) is 0 Å². The van der Waals surface area contributed by atoms with Gasteiger partial charge in [-0.15, -0.1) is 0 Å². The second-order valence-electron chi connectivity index (χ2n) is 7.20. The maximum atomic E-state index is 12.8. The van der Waals surface area contributed by atoms with Gasteiger partial charge in [-0.2, -0.15) is 0 Å². The average molecular weight is 439 g/mol. The highest BCUT2D eigenvalue weighted by Crippen LogP contribution is 2.32. The van der Waals surface area contributed by atoms with Gasteiger partial charge in [0.25, 0.3) is 5.88 Å². The number of hydrogen-bond donors (Lipinski definition) is 1. The van der Waals surface area contributed by atoms with Gasteiger partial charge in [0.05, 0.1) is 12.8 Å². The van der Waals surface area contributed by atoms with Crippen LogP contribution < -0.4 is 19.7 Å². The molecule has 1 aliphatic rings.